The van der Waals surface area contributed by atoms with Gasteiger partial charge in [0.15, 0.2) is 11.6 Å². The molecule has 7 aromatic heterocycles. The number of hydrogen-bond donors (Lipinski definition) is 0. The average Bonchev–Trinajstić information content (AvgIpc) is 1.55. The highest BCUT2D eigenvalue weighted by Gasteiger charge is 2.26. The van der Waals surface area contributed by atoms with Gasteiger partial charge in [-0.2, -0.15) is 15.0 Å². The van der Waals surface area contributed by atoms with Gasteiger partial charge in [-0.05, 0) is 118 Å². The SMILES string of the molecule is c1ccc(-c2ccc3oc4ccc(-c5cccc(-c6nc(-c7ccccc7)nc(-n7c8ccccc8c8c7ccc7c9ccccc9n(-c9nc(-c%10ccccc%10)cc(-n%10c%11ccc(-c%12ccccc%12)cc%11c%11cc(-c%12ccccc%12)ccc%11%10)n9)c78)n6)n5)cc4c3c2)cc1. The van der Waals surface area contributed by atoms with Crippen molar-refractivity contribution in [3.8, 4) is 96.5 Å². The molecular formula is C84H51N9O. The maximum Gasteiger partial charge on any atom is 0.238 e. The summed E-state index contributed by atoms with van der Waals surface area (Å²) in [6, 6.07) is 108. The number of fused-ring (bicyclic) bond motifs is 13. The third-order valence-electron chi connectivity index (χ3n) is 18.4. The molecule has 7 heterocycles. The predicted octanol–water partition coefficient (Wildman–Crippen LogP) is 20.9. The van der Waals surface area contributed by atoms with Gasteiger partial charge in [0.25, 0.3) is 0 Å². The van der Waals surface area contributed by atoms with E-state index in [-0.39, 0.29) is 0 Å². The lowest BCUT2D eigenvalue weighted by atomic mass is 10.0. The van der Waals surface area contributed by atoms with E-state index in [1.807, 2.05) is 66.7 Å². The molecule has 94 heavy (non-hydrogen) atoms. The van der Waals surface area contributed by atoms with Crippen LogP contribution in [0, 0.1) is 0 Å². The highest BCUT2D eigenvalue weighted by molar-refractivity contribution is 6.26. The van der Waals surface area contributed by atoms with E-state index in [4.69, 9.17) is 34.3 Å². The normalized spacial score (nSPS) is 11.8. The molecule has 0 saturated carbocycles. The van der Waals surface area contributed by atoms with Crippen molar-refractivity contribution in [2.45, 2.75) is 0 Å². The lowest BCUT2D eigenvalue weighted by Crippen LogP contribution is -2.08. The molecule has 19 rings (SSSR count). The Hall–Kier alpha value is -12.9. The van der Waals surface area contributed by atoms with Crippen LogP contribution in [0.2, 0.25) is 0 Å². The molecule has 10 heteroatoms. The fraction of sp³-hybridized carbons (Fsp3) is 0. The lowest BCUT2D eigenvalue weighted by Gasteiger charge is -2.14. The van der Waals surface area contributed by atoms with Crippen molar-refractivity contribution < 1.29 is 4.42 Å². The second kappa shape index (κ2) is 21.4. The molecule has 0 N–H and O–H groups in total. The number of benzene rings is 12. The smallest absolute Gasteiger partial charge is 0.238 e. The van der Waals surface area contributed by atoms with Crippen LogP contribution < -0.4 is 0 Å². The third-order valence-corrected chi connectivity index (χ3v) is 18.4. The highest BCUT2D eigenvalue weighted by atomic mass is 16.3. The Morgan fingerprint density at radius 2 is 0.691 bits per heavy atom. The summed E-state index contributed by atoms with van der Waals surface area (Å²) >= 11 is 0. The second-order valence-electron chi connectivity index (χ2n) is 23.8. The van der Waals surface area contributed by atoms with Crippen LogP contribution in [0.25, 0.3) is 184 Å². The van der Waals surface area contributed by atoms with E-state index in [9.17, 15) is 0 Å². The minimum Gasteiger partial charge on any atom is -0.456 e. The fourth-order valence-electron chi connectivity index (χ4n) is 14.0. The lowest BCUT2D eigenvalue weighted by molar-refractivity contribution is 0.669. The van der Waals surface area contributed by atoms with Gasteiger partial charge in [-0.25, -0.2) is 15.0 Å². The Balaban J connectivity index is 0.818. The number of rotatable bonds is 10. The summed E-state index contributed by atoms with van der Waals surface area (Å²) < 4.78 is 13.2. The highest BCUT2D eigenvalue weighted by Crippen LogP contribution is 2.44. The summed E-state index contributed by atoms with van der Waals surface area (Å²) in [4.78, 5) is 32.8. The van der Waals surface area contributed by atoms with Crippen molar-refractivity contribution in [2.75, 3.05) is 0 Å². The summed E-state index contributed by atoms with van der Waals surface area (Å²) in [5, 5.41) is 8.45. The van der Waals surface area contributed by atoms with Crippen molar-refractivity contribution in [2.24, 2.45) is 0 Å². The predicted molar refractivity (Wildman–Crippen MR) is 382 cm³/mol. The number of pyridine rings is 1. The molecule has 10 nitrogen and oxygen atoms in total. The molecule has 0 aliphatic rings. The zero-order chi connectivity index (χ0) is 61.8. The quantitative estimate of drug-likeness (QED) is 0.134. The first-order valence-corrected chi connectivity index (χ1v) is 31.5. The van der Waals surface area contributed by atoms with Crippen LogP contribution in [0.15, 0.2) is 314 Å². The first-order chi connectivity index (χ1) is 46.6. The van der Waals surface area contributed by atoms with Crippen molar-refractivity contribution in [1.82, 2.24) is 43.6 Å². The standard InChI is InChI=1S/C84H51N9O/c1-6-21-52(22-7-1)57-37-42-73-64(47-57)65-48-58(53-23-8-2-9-24-53)38-43-74(65)91(73)78-51-70(55-27-12-4-13-28-55)86-83(87-78)93-71-35-18-16-31-61(71)62-41-44-75-79(80(62)93)63-32-17-19-36-72(63)92(75)84-89-81(56-29-14-5-15-30-56)88-82(90-84)69-34-20-33-68(85-69)60-40-46-77-67(50-60)66-49-59(39-45-76(66)94-77)54-25-10-3-11-26-54/h1-51H. The molecular weight excluding hydrogens is 1150 g/mol. The molecule has 0 aliphatic heterocycles. The summed E-state index contributed by atoms with van der Waals surface area (Å²) in [6.45, 7) is 0. The van der Waals surface area contributed by atoms with Gasteiger partial charge in [0.05, 0.1) is 44.5 Å². The maximum atomic E-state index is 6.40. The van der Waals surface area contributed by atoms with Crippen LogP contribution >= 0.6 is 0 Å². The fourth-order valence-corrected chi connectivity index (χ4v) is 14.0. The van der Waals surface area contributed by atoms with E-state index in [1.165, 1.54) is 0 Å². The number of furan rings is 1. The van der Waals surface area contributed by atoms with Crippen LogP contribution in [0.1, 0.15) is 0 Å². The Morgan fingerprint density at radius 1 is 0.223 bits per heavy atom. The van der Waals surface area contributed by atoms with Crippen LogP contribution in [-0.4, -0.2) is 43.6 Å². The van der Waals surface area contributed by atoms with Gasteiger partial charge in [0.2, 0.25) is 11.9 Å². The maximum absolute atomic E-state index is 6.40. The summed E-state index contributed by atoms with van der Waals surface area (Å²) in [6.07, 6.45) is 0. The first-order valence-electron chi connectivity index (χ1n) is 31.5. The van der Waals surface area contributed by atoms with E-state index >= 15 is 0 Å². The molecule has 0 saturated heterocycles. The van der Waals surface area contributed by atoms with E-state index in [1.54, 1.807) is 0 Å². The van der Waals surface area contributed by atoms with Gasteiger partial charge in [0.1, 0.15) is 22.7 Å². The Bertz CT molecular complexity index is 6120. The number of aromatic nitrogens is 9. The van der Waals surface area contributed by atoms with E-state index in [2.05, 4.69) is 256 Å². The summed E-state index contributed by atoms with van der Waals surface area (Å²) in [7, 11) is 0. The summed E-state index contributed by atoms with van der Waals surface area (Å²) in [5.41, 5.74) is 19.3. The number of para-hydroxylation sites is 2. The van der Waals surface area contributed by atoms with E-state index in [0.29, 0.717) is 29.2 Å². The van der Waals surface area contributed by atoms with Gasteiger partial charge < -0.3 is 4.42 Å². The van der Waals surface area contributed by atoms with Crippen molar-refractivity contribution in [1.29, 1.82) is 0 Å². The second-order valence-corrected chi connectivity index (χ2v) is 23.8. The van der Waals surface area contributed by atoms with Crippen molar-refractivity contribution >= 4 is 87.4 Å². The Labute approximate surface area is 538 Å². The largest absolute Gasteiger partial charge is 0.456 e. The third kappa shape index (κ3) is 8.65. The van der Waals surface area contributed by atoms with Gasteiger partial charge in [0, 0.05) is 65.8 Å². The van der Waals surface area contributed by atoms with Crippen molar-refractivity contribution in [3.05, 3.63) is 309 Å². The molecule has 0 fully saturated rings. The van der Waals surface area contributed by atoms with Gasteiger partial charge >= 0.3 is 0 Å². The minimum absolute atomic E-state index is 0.436. The molecule has 0 bridgehead atoms. The Morgan fingerprint density at radius 3 is 1.32 bits per heavy atom. The van der Waals surface area contributed by atoms with E-state index < -0.39 is 0 Å². The Kier molecular flexibility index (Phi) is 12.0. The van der Waals surface area contributed by atoms with Crippen LogP contribution in [-0.2, 0) is 0 Å². The van der Waals surface area contributed by atoms with Crippen LogP contribution in [0.3, 0.4) is 0 Å². The zero-order valence-electron chi connectivity index (χ0n) is 50.4. The zero-order valence-corrected chi connectivity index (χ0v) is 50.4. The minimum atomic E-state index is 0.436. The molecule has 0 radical (unpaired) electrons. The number of hydrogen-bond acceptors (Lipinski definition) is 7. The topological polar surface area (TPSA) is 105 Å². The van der Waals surface area contributed by atoms with Gasteiger partial charge in [-0.1, -0.05) is 218 Å². The molecule has 0 atom stereocenters. The molecule has 0 aliphatic carbocycles. The van der Waals surface area contributed by atoms with Gasteiger partial charge in [-0.3, -0.25) is 13.7 Å². The molecule has 12 aromatic carbocycles. The summed E-state index contributed by atoms with van der Waals surface area (Å²) in [5.74, 6) is 2.67. The first kappa shape index (κ1) is 53.0. The molecule has 0 amide bonds. The van der Waals surface area contributed by atoms with Crippen LogP contribution in [0.4, 0.5) is 0 Å². The molecule has 0 spiro atoms. The van der Waals surface area contributed by atoms with Crippen molar-refractivity contribution in [3.63, 3.8) is 0 Å². The molecule has 438 valence electrons. The number of nitrogens with zero attached hydrogens (tertiary/aromatic N) is 9. The molecule has 0 unspecified atom stereocenters. The van der Waals surface area contributed by atoms with Gasteiger partial charge in [-0.15, -0.1) is 0 Å². The van der Waals surface area contributed by atoms with E-state index in [0.717, 1.165) is 155 Å². The molecule has 19 aromatic rings. The monoisotopic (exact) mass is 1200 g/mol. The van der Waals surface area contributed by atoms with Crippen LogP contribution in [0.5, 0.6) is 0 Å². The average molecular weight is 1200 g/mol.